The molecule has 3 heterocycles. The fourth-order valence-electron chi connectivity index (χ4n) is 4.26. The molecule has 2 atom stereocenters. The van der Waals surface area contributed by atoms with Crippen LogP contribution in [0.25, 0.3) is 0 Å². The van der Waals surface area contributed by atoms with Gasteiger partial charge in [0, 0.05) is 44.3 Å². The number of likely N-dealkylation sites (tertiary alicyclic amines) is 2. The van der Waals surface area contributed by atoms with E-state index in [1.807, 2.05) is 42.2 Å². The molecule has 0 unspecified atom stereocenters. The van der Waals surface area contributed by atoms with Gasteiger partial charge < -0.3 is 19.1 Å². The number of rotatable bonds is 5. The number of nitrogens with zero attached hydrogens (tertiary/aromatic N) is 4. The average molecular weight is 384 g/mol. The van der Waals surface area contributed by atoms with Crippen LogP contribution in [0.4, 0.5) is 0 Å². The fourth-order valence-corrected chi connectivity index (χ4v) is 4.26. The van der Waals surface area contributed by atoms with Crippen LogP contribution in [0.5, 0.6) is 0 Å². The van der Waals surface area contributed by atoms with Gasteiger partial charge in [-0.25, -0.2) is 0 Å². The van der Waals surface area contributed by atoms with Crippen molar-refractivity contribution in [3.63, 3.8) is 0 Å². The predicted octanol–water partition coefficient (Wildman–Crippen LogP) is 1.27. The van der Waals surface area contributed by atoms with E-state index in [2.05, 4.69) is 10.1 Å². The van der Waals surface area contributed by atoms with Crippen molar-refractivity contribution < 1.29 is 18.8 Å². The largest absolute Gasteiger partial charge is 0.372 e. The molecule has 2 aromatic rings. The zero-order valence-electron chi connectivity index (χ0n) is 16.1. The Labute approximate surface area is 163 Å². The summed E-state index contributed by atoms with van der Waals surface area (Å²) in [6.45, 7) is 6.19. The molecule has 2 aliphatic rings. The summed E-state index contributed by atoms with van der Waals surface area (Å²) < 4.78 is 10.8. The molecule has 8 nitrogen and oxygen atoms in total. The maximum Gasteiger partial charge on any atom is 0.253 e. The fraction of sp³-hybridized carbons (Fsp3) is 0.500. The van der Waals surface area contributed by atoms with E-state index in [0.29, 0.717) is 50.1 Å². The third-order valence-corrected chi connectivity index (χ3v) is 5.65. The van der Waals surface area contributed by atoms with E-state index in [1.165, 1.54) is 0 Å². The zero-order chi connectivity index (χ0) is 19.7. The predicted molar refractivity (Wildman–Crippen MR) is 99.6 cm³/mol. The van der Waals surface area contributed by atoms with Crippen molar-refractivity contribution in [3.8, 4) is 0 Å². The number of aryl methyl sites for hydroxylation is 1. The summed E-state index contributed by atoms with van der Waals surface area (Å²) in [4.78, 5) is 33.6. The second-order valence-electron chi connectivity index (χ2n) is 7.46. The van der Waals surface area contributed by atoms with Crippen molar-refractivity contribution >= 4 is 11.8 Å². The molecule has 0 radical (unpaired) electrons. The molecule has 4 rings (SSSR count). The summed E-state index contributed by atoms with van der Waals surface area (Å²) in [6, 6.07) is 9.24. The molecule has 1 aromatic heterocycles. The van der Waals surface area contributed by atoms with E-state index in [0.717, 1.165) is 0 Å². The van der Waals surface area contributed by atoms with Gasteiger partial charge in [-0.05, 0) is 26.0 Å². The maximum absolute atomic E-state index is 13.0. The number of ether oxygens (including phenoxy) is 1. The van der Waals surface area contributed by atoms with Gasteiger partial charge in [0.25, 0.3) is 5.91 Å². The van der Waals surface area contributed by atoms with Gasteiger partial charge in [-0.2, -0.15) is 4.98 Å². The van der Waals surface area contributed by atoms with Crippen LogP contribution in [0.15, 0.2) is 34.9 Å². The molecule has 2 saturated heterocycles. The van der Waals surface area contributed by atoms with E-state index >= 15 is 0 Å². The first-order valence-electron chi connectivity index (χ1n) is 9.54. The van der Waals surface area contributed by atoms with E-state index in [1.54, 1.807) is 11.8 Å². The van der Waals surface area contributed by atoms with E-state index in [4.69, 9.17) is 9.26 Å². The molecule has 8 heteroatoms. The summed E-state index contributed by atoms with van der Waals surface area (Å²) in [5.41, 5.74) is 0.122. The lowest BCUT2D eigenvalue weighted by Gasteiger charge is -2.26. The Morgan fingerprint density at radius 3 is 2.61 bits per heavy atom. The van der Waals surface area contributed by atoms with Gasteiger partial charge in [-0.1, -0.05) is 23.4 Å². The molecular weight excluding hydrogens is 360 g/mol. The van der Waals surface area contributed by atoms with Crippen molar-refractivity contribution in [3.05, 3.63) is 47.6 Å². The number of carbonyl (C=O) groups is 2. The second-order valence-corrected chi connectivity index (χ2v) is 7.46. The van der Waals surface area contributed by atoms with Gasteiger partial charge in [-0.3, -0.25) is 9.59 Å². The van der Waals surface area contributed by atoms with Crippen LogP contribution < -0.4 is 0 Å². The van der Waals surface area contributed by atoms with Crippen LogP contribution in [0.1, 0.15) is 29.0 Å². The lowest BCUT2D eigenvalue weighted by atomic mass is 9.81. The first kappa shape index (κ1) is 18.6. The van der Waals surface area contributed by atoms with Crippen LogP contribution in [0.2, 0.25) is 0 Å². The first-order chi connectivity index (χ1) is 13.5. The normalized spacial score (nSPS) is 23.9. The van der Waals surface area contributed by atoms with E-state index in [-0.39, 0.29) is 24.3 Å². The molecule has 0 bridgehead atoms. The Morgan fingerprint density at radius 2 is 1.93 bits per heavy atom. The van der Waals surface area contributed by atoms with Crippen molar-refractivity contribution in [2.75, 3.05) is 39.4 Å². The minimum atomic E-state index is -0.534. The van der Waals surface area contributed by atoms with Crippen LogP contribution in [-0.2, 0) is 14.9 Å². The lowest BCUT2D eigenvalue weighted by molar-refractivity contribution is -0.135. The molecular formula is C20H24N4O4. The van der Waals surface area contributed by atoms with Gasteiger partial charge >= 0.3 is 0 Å². The smallest absolute Gasteiger partial charge is 0.253 e. The van der Waals surface area contributed by atoms with Crippen molar-refractivity contribution in [1.82, 2.24) is 19.9 Å². The third-order valence-electron chi connectivity index (χ3n) is 5.65. The molecule has 148 valence electrons. The van der Waals surface area contributed by atoms with Gasteiger partial charge in [0.1, 0.15) is 6.61 Å². The Hall–Kier alpha value is -2.74. The summed E-state index contributed by atoms with van der Waals surface area (Å²) in [5.74, 6) is 1.04. The molecule has 0 saturated carbocycles. The quantitative estimate of drug-likeness (QED) is 0.771. The summed E-state index contributed by atoms with van der Waals surface area (Å²) in [5, 5.41) is 3.95. The molecule has 0 spiro atoms. The highest BCUT2D eigenvalue weighted by molar-refractivity contribution is 5.94. The topological polar surface area (TPSA) is 88.8 Å². The van der Waals surface area contributed by atoms with Crippen LogP contribution in [0.3, 0.4) is 0 Å². The third kappa shape index (κ3) is 3.17. The number of fused-ring (bicyclic) bond motifs is 1. The van der Waals surface area contributed by atoms with Crippen molar-refractivity contribution in [2.45, 2.75) is 19.3 Å². The highest BCUT2D eigenvalue weighted by Gasteiger charge is 2.58. The summed E-state index contributed by atoms with van der Waals surface area (Å²) >= 11 is 0. The molecule has 2 fully saturated rings. The number of benzene rings is 1. The number of amides is 2. The van der Waals surface area contributed by atoms with Gasteiger partial charge in [-0.15, -0.1) is 0 Å². The minimum Gasteiger partial charge on any atom is -0.372 e. The first-order valence-corrected chi connectivity index (χ1v) is 9.54. The van der Waals surface area contributed by atoms with Crippen LogP contribution in [-0.4, -0.2) is 71.1 Å². The average Bonchev–Trinajstić information content (AvgIpc) is 3.38. The Morgan fingerprint density at radius 1 is 1.21 bits per heavy atom. The standard InChI is InChI=1S/C20H24N4O4/c1-3-27-11-17(25)23-9-16-10-24(18(26)15-7-5-4-6-8-15)13-20(16,12-23)19-21-14(2)22-28-19/h4-8,16H,3,9-13H2,1-2H3/t16-,20-/m0/s1. The minimum absolute atomic E-state index is 0.0159. The highest BCUT2D eigenvalue weighted by Crippen LogP contribution is 2.44. The molecule has 2 aliphatic heterocycles. The second kappa shape index (κ2) is 7.35. The number of carbonyl (C=O) groups excluding carboxylic acids is 2. The number of hydrogen-bond acceptors (Lipinski definition) is 6. The van der Waals surface area contributed by atoms with Crippen LogP contribution in [0, 0.1) is 12.8 Å². The maximum atomic E-state index is 13.0. The summed E-state index contributed by atoms with van der Waals surface area (Å²) in [6.07, 6.45) is 0. The SMILES string of the molecule is CCOCC(=O)N1C[C@H]2CN(C(=O)c3ccccc3)C[C@@]2(c2nc(C)no2)C1. The molecule has 0 aliphatic carbocycles. The molecule has 1 aromatic carbocycles. The number of hydrogen-bond donors (Lipinski definition) is 0. The highest BCUT2D eigenvalue weighted by atomic mass is 16.5. The monoisotopic (exact) mass is 384 g/mol. The molecule has 28 heavy (non-hydrogen) atoms. The van der Waals surface area contributed by atoms with Gasteiger partial charge in [0.15, 0.2) is 5.82 Å². The summed E-state index contributed by atoms with van der Waals surface area (Å²) in [7, 11) is 0. The van der Waals surface area contributed by atoms with Gasteiger partial charge in [0.05, 0.1) is 5.41 Å². The Kier molecular flexibility index (Phi) is 4.89. The van der Waals surface area contributed by atoms with Crippen molar-refractivity contribution in [1.29, 1.82) is 0 Å². The Bertz CT molecular complexity index is 868. The molecule has 0 N–H and O–H groups in total. The van der Waals surface area contributed by atoms with E-state index in [9.17, 15) is 9.59 Å². The van der Waals surface area contributed by atoms with Crippen LogP contribution >= 0.6 is 0 Å². The van der Waals surface area contributed by atoms with E-state index < -0.39 is 5.41 Å². The number of aromatic nitrogens is 2. The van der Waals surface area contributed by atoms with Gasteiger partial charge in [0.2, 0.25) is 11.8 Å². The zero-order valence-corrected chi connectivity index (χ0v) is 16.1. The Balaban J connectivity index is 1.59. The molecule has 2 amide bonds. The lowest BCUT2D eigenvalue weighted by Crippen LogP contribution is -2.42. The van der Waals surface area contributed by atoms with Crippen molar-refractivity contribution in [2.24, 2.45) is 5.92 Å².